The van der Waals surface area contributed by atoms with E-state index in [1.807, 2.05) is 48.5 Å². The molecular formula is C25H22N2O3. The van der Waals surface area contributed by atoms with Crippen molar-refractivity contribution in [3.05, 3.63) is 83.9 Å². The zero-order valence-electron chi connectivity index (χ0n) is 16.6. The molecule has 0 fully saturated rings. The normalized spacial score (nSPS) is 14.0. The second-order valence-electron chi connectivity index (χ2n) is 7.04. The van der Waals surface area contributed by atoms with Crippen LogP contribution in [0.5, 0.6) is 11.5 Å². The monoisotopic (exact) mass is 398 g/mol. The maximum atomic E-state index is 12.2. The summed E-state index contributed by atoms with van der Waals surface area (Å²) in [6.07, 6.45) is 4.00. The summed E-state index contributed by atoms with van der Waals surface area (Å²) in [6, 6.07) is 18.8. The maximum Gasteiger partial charge on any atom is 0.188 e. The second-order valence-corrected chi connectivity index (χ2v) is 7.04. The number of hydrogen-bond acceptors (Lipinski definition) is 5. The van der Waals surface area contributed by atoms with E-state index in [4.69, 9.17) is 10.5 Å². The van der Waals surface area contributed by atoms with Crippen LogP contribution in [-0.4, -0.2) is 23.2 Å². The van der Waals surface area contributed by atoms with Crippen molar-refractivity contribution in [3.63, 3.8) is 0 Å². The standard InChI is InChI=1S/C25H22N2O3/c1-2-15-30-19-9-5-17(6-10-19)16-3-7-18(8-4-16)27-21-12-14-22(28)24-20(26)11-13-23(29)25(21)24/h3-14,29H,2,15,26H2,1H3. The summed E-state index contributed by atoms with van der Waals surface area (Å²) < 4.78 is 5.63. The fourth-order valence-electron chi connectivity index (χ4n) is 3.38. The van der Waals surface area contributed by atoms with Crippen LogP contribution in [-0.2, 0) is 0 Å². The third-order valence-corrected chi connectivity index (χ3v) is 4.89. The topological polar surface area (TPSA) is 84.9 Å². The molecular weight excluding hydrogens is 376 g/mol. The molecule has 3 aromatic rings. The first kappa shape index (κ1) is 19.5. The minimum atomic E-state index is -0.237. The van der Waals surface area contributed by atoms with Crippen molar-refractivity contribution in [2.75, 3.05) is 12.3 Å². The smallest absolute Gasteiger partial charge is 0.188 e. The van der Waals surface area contributed by atoms with Gasteiger partial charge in [-0.15, -0.1) is 0 Å². The number of phenols is 1. The number of anilines is 1. The van der Waals surface area contributed by atoms with E-state index in [1.165, 1.54) is 18.2 Å². The lowest BCUT2D eigenvalue weighted by atomic mass is 9.92. The fourth-order valence-corrected chi connectivity index (χ4v) is 3.38. The Morgan fingerprint density at radius 2 is 1.57 bits per heavy atom. The largest absolute Gasteiger partial charge is 0.507 e. The maximum absolute atomic E-state index is 12.2. The van der Waals surface area contributed by atoms with Crippen LogP contribution in [0.4, 0.5) is 11.4 Å². The summed E-state index contributed by atoms with van der Waals surface area (Å²) in [5.41, 5.74) is 10.3. The molecule has 0 saturated heterocycles. The lowest BCUT2D eigenvalue weighted by Gasteiger charge is -2.16. The Kier molecular flexibility index (Phi) is 5.35. The average Bonchev–Trinajstić information content (AvgIpc) is 2.77. The number of fused-ring (bicyclic) bond motifs is 1. The van der Waals surface area contributed by atoms with Crippen LogP contribution in [0.15, 0.2) is 77.8 Å². The number of aliphatic imine (C=N–C) groups is 1. The molecule has 4 rings (SSSR count). The van der Waals surface area contributed by atoms with E-state index in [-0.39, 0.29) is 11.5 Å². The van der Waals surface area contributed by atoms with Crippen molar-refractivity contribution in [2.24, 2.45) is 4.99 Å². The van der Waals surface area contributed by atoms with Gasteiger partial charge in [0.1, 0.15) is 11.5 Å². The first-order valence-corrected chi connectivity index (χ1v) is 9.83. The van der Waals surface area contributed by atoms with Crippen LogP contribution < -0.4 is 10.5 Å². The van der Waals surface area contributed by atoms with E-state index in [2.05, 4.69) is 11.9 Å². The Hall–Kier alpha value is -3.86. The molecule has 150 valence electrons. The Labute approximate surface area is 175 Å². The highest BCUT2D eigenvalue weighted by molar-refractivity contribution is 6.27. The van der Waals surface area contributed by atoms with Gasteiger partial charge in [-0.2, -0.15) is 0 Å². The van der Waals surface area contributed by atoms with E-state index in [9.17, 15) is 9.90 Å². The van der Waals surface area contributed by atoms with Crippen LogP contribution in [0.1, 0.15) is 29.3 Å². The number of ketones is 1. The van der Waals surface area contributed by atoms with Gasteiger partial charge < -0.3 is 15.6 Å². The van der Waals surface area contributed by atoms with Crippen LogP contribution in [0.25, 0.3) is 11.1 Å². The molecule has 3 N–H and O–H groups in total. The molecule has 0 spiro atoms. The van der Waals surface area contributed by atoms with Gasteiger partial charge in [0, 0.05) is 5.69 Å². The number of nitrogen functional groups attached to an aromatic ring is 1. The molecule has 30 heavy (non-hydrogen) atoms. The van der Waals surface area contributed by atoms with Crippen LogP contribution in [0, 0.1) is 0 Å². The molecule has 0 aromatic heterocycles. The van der Waals surface area contributed by atoms with Crippen LogP contribution in [0.2, 0.25) is 0 Å². The zero-order valence-corrected chi connectivity index (χ0v) is 16.6. The van der Waals surface area contributed by atoms with Crippen molar-refractivity contribution in [3.8, 4) is 22.6 Å². The third-order valence-electron chi connectivity index (χ3n) is 4.89. The van der Waals surface area contributed by atoms with Gasteiger partial charge in [-0.3, -0.25) is 4.79 Å². The quantitative estimate of drug-likeness (QED) is 0.451. The summed E-state index contributed by atoms with van der Waals surface area (Å²) >= 11 is 0. The highest BCUT2D eigenvalue weighted by Gasteiger charge is 2.23. The van der Waals surface area contributed by atoms with Gasteiger partial charge in [-0.05, 0) is 66.1 Å². The Balaban J connectivity index is 1.61. The molecule has 5 heteroatoms. The first-order valence-electron chi connectivity index (χ1n) is 9.83. The number of carbonyl (C=O) groups is 1. The van der Waals surface area contributed by atoms with Gasteiger partial charge in [0.25, 0.3) is 0 Å². The number of ether oxygens (including phenoxy) is 1. The number of nitrogens with two attached hydrogens (primary N) is 1. The first-order chi connectivity index (χ1) is 14.6. The van der Waals surface area contributed by atoms with Crippen molar-refractivity contribution < 1.29 is 14.6 Å². The molecule has 3 aromatic carbocycles. The predicted molar refractivity (Wildman–Crippen MR) is 120 cm³/mol. The molecule has 0 unspecified atom stereocenters. The molecule has 5 nitrogen and oxygen atoms in total. The van der Waals surface area contributed by atoms with Crippen molar-refractivity contribution >= 4 is 22.9 Å². The van der Waals surface area contributed by atoms with E-state index in [0.29, 0.717) is 34.8 Å². The number of nitrogens with zero attached hydrogens (tertiary/aromatic N) is 1. The minimum absolute atomic E-state index is 0.0161. The van der Waals surface area contributed by atoms with E-state index >= 15 is 0 Å². The highest BCUT2D eigenvalue weighted by Crippen LogP contribution is 2.32. The molecule has 0 amide bonds. The summed E-state index contributed by atoms with van der Waals surface area (Å²) in [5, 5.41) is 10.3. The fraction of sp³-hybridized carbons (Fsp3) is 0.120. The molecule has 0 aliphatic heterocycles. The molecule has 1 aliphatic rings. The van der Waals surface area contributed by atoms with Crippen LogP contribution >= 0.6 is 0 Å². The molecule has 0 atom stereocenters. The van der Waals surface area contributed by atoms with Crippen molar-refractivity contribution in [1.82, 2.24) is 0 Å². The van der Waals surface area contributed by atoms with Gasteiger partial charge >= 0.3 is 0 Å². The number of aromatic hydroxyl groups is 1. The van der Waals surface area contributed by atoms with E-state index in [0.717, 1.165) is 23.3 Å². The van der Waals surface area contributed by atoms with Gasteiger partial charge in [0.2, 0.25) is 0 Å². The Morgan fingerprint density at radius 3 is 2.23 bits per heavy atom. The molecule has 0 radical (unpaired) electrons. The van der Waals surface area contributed by atoms with Gasteiger partial charge in [-0.1, -0.05) is 31.2 Å². The highest BCUT2D eigenvalue weighted by atomic mass is 16.5. The van der Waals surface area contributed by atoms with E-state index < -0.39 is 0 Å². The lowest BCUT2D eigenvalue weighted by Crippen LogP contribution is -2.15. The number of phenolic OH excluding ortho intramolecular Hbond substituents is 1. The Morgan fingerprint density at radius 1 is 0.900 bits per heavy atom. The van der Waals surface area contributed by atoms with Crippen molar-refractivity contribution in [2.45, 2.75) is 13.3 Å². The third kappa shape index (κ3) is 3.82. The lowest BCUT2D eigenvalue weighted by molar-refractivity contribution is 0.104. The number of allylic oxidation sites excluding steroid dienone is 2. The van der Waals surface area contributed by atoms with Gasteiger partial charge in [0.15, 0.2) is 5.78 Å². The number of rotatable bonds is 5. The number of hydrogen-bond donors (Lipinski definition) is 2. The number of carbonyl (C=O) groups excluding carboxylic acids is 1. The average molecular weight is 398 g/mol. The summed E-state index contributed by atoms with van der Waals surface area (Å²) in [4.78, 5) is 16.8. The Bertz CT molecular complexity index is 1140. The second kappa shape index (κ2) is 8.25. The summed E-state index contributed by atoms with van der Waals surface area (Å²) in [7, 11) is 0. The summed E-state index contributed by atoms with van der Waals surface area (Å²) in [5.74, 6) is 0.608. The van der Waals surface area contributed by atoms with E-state index in [1.54, 1.807) is 6.08 Å². The number of benzene rings is 3. The van der Waals surface area contributed by atoms with Gasteiger partial charge in [0.05, 0.1) is 29.1 Å². The van der Waals surface area contributed by atoms with Gasteiger partial charge in [-0.25, -0.2) is 4.99 Å². The molecule has 0 saturated carbocycles. The molecule has 1 aliphatic carbocycles. The van der Waals surface area contributed by atoms with Crippen LogP contribution in [0.3, 0.4) is 0 Å². The zero-order chi connectivity index (χ0) is 21.1. The molecule has 0 bridgehead atoms. The molecule has 0 heterocycles. The minimum Gasteiger partial charge on any atom is -0.507 e. The van der Waals surface area contributed by atoms with Crippen molar-refractivity contribution in [1.29, 1.82) is 0 Å². The SMILES string of the molecule is CCCOc1ccc(-c2ccc(N=C3C=CC(=O)c4c(N)ccc(O)c43)cc2)cc1. The summed E-state index contributed by atoms with van der Waals surface area (Å²) in [6.45, 7) is 2.79. The predicted octanol–water partition coefficient (Wildman–Crippen LogP) is 5.30.